The number of aryl methyl sites for hydroxylation is 1. The first kappa shape index (κ1) is 18.4. The molecule has 0 aliphatic carbocycles. The second kappa shape index (κ2) is 8.35. The molecule has 1 aromatic heterocycles. The van der Waals surface area contributed by atoms with E-state index in [4.69, 9.17) is 4.74 Å². The molecule has 3 aromatic rings. The molecule has 1 heterocycles. The molecule has 0 aliphatic rings. The average Bonchev–Trinajstić information content (AvgIpc) is 3.11. The van der Waals surface area contributed by atoms with Crippen molar-refractivity contribution in [1.82, 2.24) is 20.2 Å². The second-order valence-electron chi connectivity index (χ2n) is 6.02. The third-order valence-electron chi connectivity index (χ3n) is 4.23. The molecule has 0 spiro atoms. The van der Waals surface area contributed by atoms with Crippen LogP contribution in [0.2, 0.25) is 0 Å². The van der Waals surface area contributed by atoms with Crippen LogP contribution in [0.3, 0.4) is 0 Å². The number of rotatable bonds is 6. The molecule has 2 N–H and O–H groups in total. The maximum absolute atomic E-state index is 13.3. The van der Waals surface area contributed by atoms with Crippen molar-refractivity contribution in [3.63, 3.8) is 0 Å². The number of benzene rings is 2. The van der Waals surface area contributed by atoms with Crippen LogP contribution in [-0.4, -0.2) is 22.7 Å². The predicted molar refractivity (Wildman–Crippen MR) is 99.8 cm³/mol. The van der Waals surface area contributed by atoms with Gasteiger partial charge in [0.15, 0.2) is 0 Å². The van der Waals surface area contributed by atoms with E-state index >= 15 is 0 Å². The molecule has 6 nitrogen and oxygen atoms in total. The molecule has 27 heavy (non-hydrogen) atoms. The number of carbonyl (C=O) groups is 1. The predicted octanol–water partition coefficient (Wildman–Crippen LogP) is 3.16. The van der Waals surface area contributed by atoms with E-state index < -0.39 is 6.04 Å². The van der Waals surface area contributed by atoms with Crippen LogP contribution in [0.4, 0.5) is 9.18 Å². The third kappa shape index (κ3) is 4.44. The van der Waals surface area contributed by atoms with Gasteiger partial charge >= 0.3 is 6.03 Å². The Morgan fingerprint density at radius 1 is 1.22 bits per heavy atom. The van der Waals surface area contributed by atoms with Gasteiger partial charge in [0.1, 0.15) is 23.4 Å². The van der Waals surface area contributed by atoms with Crippen molar-refractivity contribution in [1.29, 1.82) is 0 Å². The first-order valence-corrected chi connectivity index (χ1v) is 8.47. The number of carbonyl (C=O) groups excluding carboxylic acids is 1. The van der Waals surface area contributed by atoms with Gasteiger partial charge in [-0.15, -0.1) is 0 Å². The van der Waals surface area contributed by atoms with Gasteiger partial charge in [-0.1, -0.05) is 30.3 Å². The van der Waals surface area contributed by atoms with Crippen molar-refractivity contribution in [3.8, 4) is 5.75 Å². The number of imidazole rings is 1. The van der Waals surface area contributed by atoms with Crippen LogP contribution in [0.1, 0.15) is 23.0 Å². The second-order valence-corrected chi connectivity index (χ2v) is 6.02. The fourth-order valence-corrected chi connectivity index (χ4v) is 2.81. The van der Waals surface area contributed by atoms with Crippen LogP contribution in [-0.2, 0) is 13.6 Å². The third-order valence-corrected chi connectivity index (χ3v) is 4.23. The van der Waals surface area contributed by atoms with Crippen molar-refractivity contribution in [2.75, 3.05) is 7.11 Å². The van der Waals surface area contributed by atoms with Crippen LogP contribution in [0.5, 0.6) is 5.75 Å². The molecule has 0 radical (unpaired) electrons. The molecule has 1 unspecified atom stereocenters. The topological polar surface area (TPSA) is 68.2 Å². The fourth-order valence-electron chi connectivity index (χ4n) is 2.81. The van der Waals surface area contributed by atoms with E-state index in [1.165, 1.54) is 12.1 Å². The van der Waals surface area contributed by atoms with E-state index in [2.05, 4.69) is 15.6 Å². The minimum Gasteiger partial charge on any atom is -0.496 e. The van der Waals surface area contributed by atoms with Gasteiger partial charge in [0.05, 0.1) is 7.11 Å². The van der Waals surface area contributed by atoms with Crippen molar-refractivity contribution in [3.05, 3.63) is 83.7 Å². The van der Waals surface area contributed by atoms with Gasteiger partial charge < -0.3 is 19.9 Å². The Labute approximate surface area is 157 Å². The number of nitrogens with one attached hydrogen (secondary N) is 2. The smallest absolute Gasteiger partial charge is 0.315 e. The van der Waals surface area contributed by atoms with Gasteiger partial charge in [-0.3, -0.25) is 0 Å². The quantitative estimate of drug-likeness (QED) is 0.702. The molecule has 0 saturated heterocycles. The summed E-state index contributed by atoms with van der Waals surface area (Å²) in [5.74, 6) is 1.02. The lowest BCUT2D eigenvalue weighted by atomic mass is 10.1. The molecule has 7 heteroatoms. The average molecular weight is 368 g/mol. The first-order chi connectivity index (χ1) is 13.1. The zero-order valence-corrected chi connectivity index (χ0v) is 15.1. The maximum atomic E-state index is 13.3. The van der Waals surface area contributed by atoms with E-state index in [1.54, 1.807) is 31.6 Å². The minimum absolute atomic E-state index is 0.312. The molecule has 0 bridgehead atoms. The Balaban J connectivity index is 1.75. The molecule has 0 fully saturated rings. The van der Waals surface area contributed by atoms with Crippen LogP contribution in [0.15, 0.2) is 60.9 Å². The van der Waals surface area contributed by atoms with Crippen molar-refractivity contribution in [2.45, 2.75) is 12.6 Å². The number of aromatic nitrogens is 2. The number of para-hydroxylation sites is 1. The van der Waals surface area contributed by atoms with Crippen molar-refractivity contribution >= 4 is 6.03 Å². The van der Waals surface area contributed by atoms with Gasteiger partial charge in [0, 0.05) is 31.5 Å². The summed E-state index contributed by atoms with van der Waals surface area (Å²) < 4.78 is 20.4. The number of amides is 2. The molecule has 2 amide bonds. The van der Waals surface area contributed by atoms with Crippen LogP contribution in [0, 0.1) is 5.82 Å². The van der Waals surface area contributed by atoms with Gasteiger partial charge in [0.2, 0.25) is 0 Å². The van der Waals surface area contributed by atoms with Gasteiger partial charge in [-0.2, -0.15) is 0 Å². The number of nitrogens with zero attached hydrogens (tertiary/aromatic N) is 2. The van der Waals surface area contributed by atoms with E-state index in [9.17, 15) is 9.18 Å². The number of methoxy groups -OCH3 is 1. The number of hydrogen-bond donors (Lipinski definition) is 2. The summed E-state index contributed by atoms with van der Waals surface area (Å²) in [6.07, 6.45) is 3.44. The van der Waals surface area contributed by atoms with Gasteiger partial charge in [-0.25, -0.2) is 14.2 Å². The van der Waals surface area contributed by atoms with Gasteiger partial charge in [-0.05, 0) is 23.8 Å². The van der Waals surface area contributed by atoms with Gasteiger partial charge in [0.25, 0.3) is 0 Å². The highest BCUT2D eigenvalue weighted by Crippen LogP contribution is 2.21. The van der Waals surface area contributed by atoms with E-state index in [0.29, 0.717) is 18.1 Å². The van der Waals surface area contributed by atoms with Crippen molar-refractivity contribution in [2.24, 2.45) is 7.05 Å². The number of hydrogen-bond acceptors (Lipinski definition) is 3. The first-order valence-electron chi connectivity index (χ1n) is 8.47. The summed E-state index contributed by atoms with van der Waals surface area (Å²) in [7, 11) is 3.43. The Bertz CT molecular complexity index is 908. The molecule has 0 saturated carbocycles. The highest BCUT2D eigenvalue weighted by atomic mass is 19.1. The van der Waals surface area contributed by atoms with Crippen LogP contribution < -0.4 is 15.4 Å². The molecular weight excluding hydrogens is 347 g/mol. The lowest BCUT2D eigenvalue weighted by molar-refractivity contribution is 0.237. The van der Waals surface area contributed by atoms with E-state index in [1.807, 2.05) is 35.9 Å². The zero-order chi connectivity index (χ0) is 19.2. The Morgan fingerprint density at radius 3 is 2.63 bits per heavy atom. The Morgan fingerprint density at radius 2 is 1.96 bits per heavy atom. The standard InChI is InChI=1S/C20H21FN4O2/c1-25-12-11-22-19(25)18(14-7-9-16(21)10-8-14)24-20(26)23-13-15-5-3-4-6-17(15)27-2/h3-12,18H,13H2,1-2H3,(H2,23,24,26). The zero-order valence-electron chi connectivity index (χ0n) is 15.1. The highest BCUT2D eigenvalue weighted by Gasteiger charge is 2.20. The molecule has 0 aliphatic heterocycles. The molecular formula is C20H21FN4O2. The SMILES string of the molecule is COc1ccccc1CNC(=O)NC(c1ccc(F)cc1)c1nccn1C. The van der Waals surface area contributed by atoms with E-state index in [-0.39, 0.29) is 11.8 Å². The lowest BCUT2D eigenvalue weighted by Crippen LogP contribution is -2.39. The van der Waals surface area contributed by atoms with E-state index in [0.717, 1.165) is 11.1 Å². The largest absolute Gasteiger partial charge is 0.496 e. The summed E-state index contributed by atoms with van der Waals surface area (Å²) in [4.78, 5) is 16.8. The minimum atomic E-state index is -0.511. The Hall–Kier alpha value is -3.35. The van der Waals surface area contributed by atoms with Crippen LogP contribution in [0.25, 0.3) is 0 Å². The fraction of sp³-hybridized carbons (Fsp3) is 0.200. The Kier molecular flexibility index (Phi) is 5.71. The molecule has 1 atom stereocenters. The summed E-state index contributed by atoms with van der Waals surface area (Å²) in [5.41, 5.74) is 1.60. The van der Waals surface area contributed by atoms with Crippen molar-refractivity contribution < 1.29 is 13.9 Å². The highest BCUT2D eigenvalue weighted by molar-refractivity contribution is 5.75. The number of ether oxygens (including phenoxy) is 1. The summed E-state index contributed by atoms with van der Waals surface area (Å²) >= 11 is 0. The summed E-state index contributed by atoms with van der Waals surface area (Å²) in [6.45, 7) is 0.312. The molecule has 3 rings (SSSR count). The molecule has 140 valence electrons. The monoisotopic (exact) mass is 368 g/mol. The maximum Gasteiger partial charge on any atom is 0.315 e. The summed E-state index contributed by atoms with van der Waals surface area (Å²) in [5, 5.41) is 5.73. The number of urea groups is 1. The number of halogens is 1. The summed E-state index contributed by atoms with van der Waals surface area (Å²) in [6, 6.07) is 12.6. The lowest BCUT2D eigenvalue weighted by Gasteiger charge is -2.20. The van der Waals surface area contributed by atoms with Crippen LogP contribution >= 0.6 is 0 Å². The normalized spacial score (nSPS) is 11.7. The molecule has 2 aromatic carbocycles.